The molecular formula is C14H20Cl2O5. The van der Waals surface area contributed by atoms with Gasteiger partial charge in [0.2, 0.25) is 0 Å². The normalized spacial score (nSPS) is 11.9. The highest BCUT2D eigenvalue weighted by Crippen LogP contribution is 2.25. The van der Waals surface area contributed by atoms with Gasteiger partial charge in [0.1, 0.15) is 0 Å². The van der Waals surface area contributed by atoms with E-state index in [1.165, 1.54) is 14.0 Å². The van der Waals surface area contributed by atoms with Crippen molar-refractivity contribution in [3.63, 3.8) is 0 Å². The second-order valence-corrected chi connectivity index (χ2v) is 4.59. The number of rotatable bonds is 4. The zero-order valence-corrected chi connectivity index (χ0v) is 13.9. The molecule has 0 saturated carbocycles. The van der Waals surface area contributed by atoms with Gasteiger partial charge >= 0.3 is 5.97 Å². The summed E-state index contributed by atoms with van der Waals surface area (Å²) < 4.78 is 5.00. The number of aliphatic carboxylic acids is 1. The fraction of sp³-hybridized carbons (Fsp3) is 0.429. The number of hydrogen-bond donors (Lipinski definition) is 2. The lowest BCUT2D eigenvalue weighted by Gasteiger charge is -2.23. The van der Waals surface area contributed by atoms with Crippen LogP contribution in [0.4, 0.5) is 0 Å². The molecule has 7 heteroatoms. The van der Waals surface area contributed by atoms with E-state index in [9.17, 15) is 4.79 Å². The monoisotopic (exact) mass is 338 g/mol. The van der Waals surface area contributed by atoms with Crippen molar-refractivity contribution in [3.05, 3.63) is 33.8 Å². The standard InChI is InChI=1S/C11H12Cl2O3.C2H6.CH2O2/c1-11(16-2,10(14)15)6-7-3-4-8(12)9(13)5-7;1-2;2-1-3/h3-5H,6H2,1-2H3,(H,14,15);1-2H3;1H,(H,2,3). The van der Waals surface area contributed by atoms with Gasteiger partial charge in [0.05, 0.1) is 10.0 Å². The smallest absolute Gasteiger partial charge is 0.336 e. The van der Waals surface area contributed by atoms with Crippen LogP contribution in [0.5, 0.6) is 0 Å². The van der Waals surface area contributed by atoms with Crippen LogP contribution in [0, 0.1) is 0 Å². The summed E-state index contributed by atoms with van der Waals surface area (Å²) in [5.74, 6) is -1.01. The van der Waals surface area contributed by atoms with E-state index >= 15 is 0 Å². The molecule has 0 spiro atoms. The minimum Gasteiger partial charge on any atom is -0.483 e. The predicted molar refractivity (Wildman–Crippen MR) is 83.3 cm³/mol. The molecule has 0 radical (unpaired) electrons. The van der Waals surface area contributed by atoms with Crippen molar-refractivity contribution >= 4 is 35.6 Å². The first-order valence-electron chi connectivity index (χ1n) is 6.11. The van der Waals surface area contributed by atoms with Crippen molar-refractivity contribution in [3.8, 4) is 0 Å². The molecule has 0 aromatic heterocycles. The molecule has 0 bridgehead atoms. The Morgan fingerprint density at radius 3 is 2.14 bits per heavy atom. The lowest BCUT2D eigenvalue weighted by atomic mass is 9.96. The van der Waals surface area contributed by atoms with Crippen LogP contribution in [-0.4, -0.2) is 35.4 Å². The fourth-order valence-electron chi connectivity index (χ4n) is 1.27. The zero-order chi connectivity index (χ0) is 17.1. The first kappa shape index (κ1) is 22.0. The molecule has 1 atom stereocenters. The van der Waals surface area contributed by atoms with Crippen LogP contribution in [0.15, 0.2) is 18.2 Å². The second-order valence-electron chi connectivity index (χ2n) is 3.77. The number of carboxylic acid groups (broad SMARTS) is 2. The van der Waals surface area contributed by atoms with Crippen molar-refractivity contribution in [1.82, 2.24) is 0 Å². The third-order valence-electron chi connectivity index (χ3n) is 2.43. The lowest BCUT2D eigenvalue weighted by Crippen LogP contribution is -2.39. The Morgan fingerprint density at radius 2 is 1.81 bits per heavy atom. The molecule has 0 saturated heterocycles. The average molecular weight is 339 g/mol. The molecule has 1 aromatic carbocycles. The highest BCUT2D eigenvalue weighted by molar-refractivity contribution is 6.42. The van der Waals surface area contributed by atoms with Crippen LogP contribution in [0.25, 0.3) is 0 Å². The van der Waals surface area contributed by atoms with Gasteiger partial charge in [-0.1, -0.05) is 43.1 Å². The molecule has 0 amide bonds. The van der Waals surface area contributed by atoms with Gasteiger partial charge in [0.25, 0.3) is 6.47 Å². The predicted octanol–water partition coefficient (Wildman–Crippen LogP) is 3.75. The zero-order valence-electron chi connectivity index (χ0n) is 12.4. The topological polar surface area (TPSA) is 83.8 Å². The second kappa shape index (κ2) is 11.4. The Labute approximate surface area is 134 Å². The van der Waals surface area contributed by atoms with Crippen molar-refractivity contribution in [1.29, 1.82) is 0 Å². The maximum absolute atomic E-state index is 11.0. The summed E-state index contributed by atoms with van der Waals surface area (Å²) in [6.07, 6.45) is 0.232. The number of carbonyl (C=O) groups is 2. The first-order valence-corrected chi connectivity index (χ1v) is 6.86. The molecule has 0 aliphatic rings. The number of benzene rings is 1. The molecule has 1 unspecified atom stereocenters. The summed E-state index contributed by atoms with van der Waals surface area (Å²) >= 11 is 11.6. The van der Waals surface area contributed by atoms with Crippen molar-refractivity contribution in [2.24, 2.45) is 0 Å². The highest BCUT2D eigenvalue weighted by atomic mass is 35.5. The third kappa shape index (κ3) is 7.90. The Kier molecular flexibility index (Phi) is 11.9. The van der Waals surface area contributed by atoms with Crippen molar-refractivity contribution in [2.45, 2.75) is 32.8 Å². The van der Waals surface area contributed by atoms with Gasteiger partial charge in [-0.15, -0.1) is 0 Å². The van der Waals surface area contributed by atoms with Gasteiger partial charge in [-0.25, -0.2) is 4.79 Å². The Bertz CT molecular complexity index is 451. The largest absolute Gasteiger partial charge is 0.483 e. The van der Waals surface area contributed by atoms with E-state index in [1.54, 1.807) is 18.2 Å². The Balaban J connectivity index is 0. The number of ether oxygens (including phenoxy) is 1. The maximum atomic E-state index is 11.0. The van der Waals surface area contributed by atoms with Gasteiger partial charge in [-0.2, -0.15) is 0 Å². The Hall–Kier alpha value is -1.30. The van der Waals surface area contributed by atoms with Gasteiger partial charge < -0.3 is 14.9 Å². The third-order valence-corrected chi connectivity index (χ3v) is 3.17. The molecule has 120 valence electrons. The molecule has 0 aliphatic heterocycles. The van der Waals surface area contributed by atoms with Crippen LogP contribution >= 0.6 is 23.2 Å². The maximum Gasteiger partial charge on any atom is 0.336 e. The van der Waals surface area contributed by atoms with Crippen LogP contribution in [-0.2, 0) is 20.7 Å². The van der Waals surface area contributed by atoms with Crippen molar-refractivity contribution in [2.75, 3.05) is 7.11 Å². The van der Waals surface area contributed by atoms with E-state index in [0.717, 1.165) is 5.56 Å². The fourth-order valence-corrected chi connectivity index (χ4v) is 1.59. The van der Waals surface area contributed by atoms with Crippen molar-refractivity contribution < 1.29 is 24.5 Å². The molecule has 0 fully saturated rings. The highest BCUT2D eigenvalue weighted by Gasteiger charge is 2.33. The lowest BCUT2D eigenvalue weighted by molar-refractivity contribution is -0.159. The number of halogens is 2. The summed E-state index contributed by atoms with van der Waals surface area (Å²) in [4.78, 5) is 19.4. The molecule has 1 rings (SSSR count). The Morgan fingerprint density at radius 1 is 1.33 bits per heavy atom. The number of hydrogen-bond acceptors (Lipinski definition) is 3. The summed E-state index contributed by atoms with van der Waals surface area (Å²) in [5, 5.41) is 16.8. The van der Waals surface area contributed by atoms with Gasteiger partial charge in [0.15, 0.2) is 5.60 Å². The van der Waals surface area contributed by atoms with E-state index in [4.69, 9.17) is 42.9 Å². The molecule has 2 N–H and O–H groups in total. The van der Waals surface area contributed by atoms with E-state index in [1.807, 2.05) is 13.8 Å². The average Bonchev–Trinajstić information content (AvgIpc) is 2.45. The minimum atomic E-state index is -1.25. The van der Waals surface area contributed by atoms with Gasteiger partial charge in [-0.3, -0.25) is 4.79 Å². The van der Waals surface area contributed by atoms with E-state index in [0.29, 0.717) is 10.0 Å². The summed E-state index contributed by atoms with van der Waals surface area (Å²) in [5.41, 5.74) is -0.488. The van der Waals surface area contributed by atoms with E-state index in [2.05, 4.69) is 0 Å². The molecular weight excluding hydrogens is 319 g/mol. The van der Waals surface area contributed by atoms with Crippen LogP contribution in [0.1, 0.15) is 26.3 Å². The molecule has 0 heterocycles. The van der Waals surface area contributed by atoms with Crippen LogP contribution in [0.3, 0.4) is 0 Å². The molecule has 1 aromatic rings. The summed E-state index contributed by atoms with van der Waals surface area (Å²) in [6.45, 7) is 5.26. The first-order chi connectivity index (χ1) is 9.80. The van der Waals surface area contributed by atoms with Gasteiger partial charge in [-0.05, 0) is 24.6 Å². The summed E-state index contributed by atoms with van der Waals surface area (Å²) in [6, 6.07) is 5.01. The molecule has 5 nitrogen and oxygen atoms in total. The van der Waals surface area contributed by atoms with E-state index in [-0.39, 0.29) is 12.9 Å². The summed E-state index contributed by atoms with van der Waals surface area (Å²) in [7, 11) is 1.37. The SMILES string of the molecule is CC.COC(C)(Cc1ccc(Cl)c(Cl)c1)C(=O)O.O=CO. The van der Waals surface area contributed by atoms with E-state index < -0.39 is 11.6 Å². The quantitative estimate of drug-likeness (QED) is 0.816. The van der Waals surface area contributed by atoms with Crippen LogP contribution < -0.4 is 0 Å². The van der Waals surface area contributed by atoms with Crippen LogP contribution in [0.2, 0.25) is 10.0 Å². The molecule has 21 heavy (non-hydrogen) atoms. The molecule has 0 aliphatic carbocycles. The minimum absolute atomic E-state index is 0.232. The van der Waals surface area contributed by atoms with Gasteiger partial charge in [0, 0.05) is 13.5 Å². The number of methoxy groups -OCH3 is 1. The number of carboxylic acids is 1.